The minimum Gasteiger partial charge on any atom is -0.397 e. The van der Waals surface area contributed by atoms with Gasteiger partial charge in [0.05, 0.1) is 11.9 Å². The monoisotopic (exact) mass is 150 g/mol. The SMILES string of the molecule is Cc1cncc(N)c1C(C)C. The van der Waals surface area contributed by atoms with Crippen molar-refractivity contribution >= 4 is 5.69 Å². The van der Waals surface area contributed by atoms with Crippen molar-refractivity contribution in [3.05, 3.63) is 23.5 Å². The van der Waals surface area contributed by atoms with Gasteiger partial charge in [-0.15, -0.1) is 0 Å². The summed E-state index contributed by atoms with van der Waals surface area (Å²) in [7, 11) is 0. The van der Waals surface area contributed by atoms with Gasteiger partial charge in [0.2, 0.25) is 0 Å². The van der Waals surface area contributed by atoms with Gasteiger partial charge >= 0.3 is 0 Å². The Labute approximate surface area is 67.5 Å². The topological polar surface area (TPSA) is 38.9 Å². The van der Waals surface area contributed by atoms with E-state index < -0.39 is 0 Å². The van der Waals surface area contributed by atoms with Crippen LogP contribution in [-0.2, 0) is 0 Å². The molecular weight excluding hydrogens is 136 g/mol. The fourth-order valence-corrected chi connectivity index (χ4v) is 1.38. The van der Waals surface area contributed by atoms with Gasteiger partial charge in [-0.2, -0.15) is 0 Å². The van der Waals surface area contributed by atoms with Gasteiger partial charge < -0.3 is 5.73 Å². The van der Waals surface area contributed by atoms with E-state index in [-0.39, 0.29) is 0 Å². The second-order valence-corrected chi connectivity index (χ2v) is 3.11. The number of pyridine rings is 1. The second kappa shape index (κ2) is 2.91. The summed E-state index contributed by atoms with van der Waals surface area (Å²) < 4.78 is 0. The van der Waals surface area contributed by atoms with Gasteiger partial charge in [0, 0.05) is 6.20 Å². The van der Waals surface area contributed by atoms with Crippen LogP contribution in [0.1, 0.15) is 30.9 Å². The van der Waals surface area contributed by atoms with Crippen LogP contribution in [0.4, 0.5) is 5.69 Å². The Bertz CT molecular complexity index is 233. The van der Waals surface area contributed by atoms with Crippen LogP contribution in [0.15, 0.2) is 12.4 Å². The zero-order valence-electron chi connectivity index (χ0n) is 7.26. The number of nitrogen functional groups attached to an aromatic ring is 1. The highest BCUT2D eigenvalue weighted by Gasteiger charge is 2.06. The molecular formula is C9H14N2. The summed E-state index contributed by atoms with van der Waals surface area (Å²) in [5, 5.41) is 0. The van der Waals surface area contributed by atoms with Gasteiger partial charge in [0.1, 0.15) is 0 Å². The van der Waals surface area contributed by atoms with Gasteiger partial charge in [-0.05, 0) is 24.0 Å². The predicted octanol–water partition coefficient (Wildman–Crippen LogP) is 2.10. The zero-order chi connectivity index (χ0) is 8.43. The molecule has 1 rings (SSSR count). The van der Waals surface area contributed by atoms with Crippen LogP contribution in [-0.4, -0.2) is 4.98 Å². The molecule has 1 aromatic heterocycles. The Morgan fingerprint density at radius 3 is 2.36 bits per heavy atom. The van der Waals surface area contributed by atoms with Crippen molar-refractivity contribution < 1.29 is 0 Å². The first-order valence-electron chi connectivity index (χ1n) is 3.83. The molecule has 0 aliphatic carbocycles. The highest BCUT2D eigenvalue weighted by atomic mass is 14.7. The highest BCUT2D eigenvalue weighted by Crippen LogP contribution is 2.23. The van der Waals surface area contributed by atoms with E-state index in [1.165, 1.54) is 11.1 Å². The van der Waals surface area contributed by atoms with Crippen molar-refractivity contribution in [3.63, 3.8) is 0 Å². The minimum atomic E-state index is 0.484. The summed E-state index contributed by atoms with van der Waals surface area (Å²) in [4.78, 5) is 4.00. The number of nitrogens with zero attached hydrogens (tertiary/aromatic N) is 1. The lowest BCUT2D eigenvalue weighted by atomic mass is 9.99. The van der Waals surface area contributed by atoms with Gasteiger partial charge in [-0.1, -0.05) is 13.8 Å². The van der Waals surface area contributed by atoms with Crippen LogP contribution in [0, 0.1) is 6.92 Å². The average Bonchev–Trinajstić information content (AvgIpc) is 1.85. The van der Waals surface area contributed by atoms with Gasteiger partial charge in [0.25, 0.3) is 0 Å². The lowest BCUT2D eigenvalue weighted by molar-refractivity contribution is 0.855. The number of anilines is 1. The van der Waals surface area contributed by atoms with Gasteiger partial charge in [-0.25, -0.2) is 0 Å². The average molecular weight is 150 g/mol. The van der Waals surface area contributed by atoms with Crippen LogP contribution < -0.4 is 5.73 Å². The van der Waals surface area contributed by atoms with E-state index in [2.05, 4.69) is 18.8 Å². The molecule has 0 radical (unpaired) electrons. The van der Waals surface area contributed by atoms with E-state index in [0.29, 0.717) is 5.92 Å². The molecule has 0 fully saturated rings. The Morgan fingerprint density at radius 2 is 2.00 bits per heavy atom. The molecule has 0 spiro atoms. The molecule has 1 heterocycles. The second-order valence-electron chi connectivity index (χ2n) is 3.11. The zero-order valence-corrected chi connectivity index (χ0v) is 7.26. The molecule has 2 heteroatoms. The highest BCUT2D eigenvalue weighted by molar-refractivity contribution is 5.49. The van der Waals surface area contributed by atoms with E-state index in [1.54, 1.807) is 6.20 Å². The van der Waals surface area contributed by atoms with E-state index in [4.69, 9.17) is 5.73 Å². The van der Waals surface area contributed by atoms with Crippen molar-refractivity contribution in [2.24, 2.45) is 0 Å². The maximum atomic E-state index is 5.76. The Balaban J connectivity index is 3.21. The summed E-state index contributed by atoms with van der Waals surface area (Å²) in [6.07, 6.45) is 3.56. The molecule has 2 nitrogen and oxygen atoms in total. The van der Waals surface area contributed by atoms with Crippen molar-refractivity contribution in [1.29, 1.82) is 0 Å². The summed E-state index contributed by atoms with van der Waals surface area (Å²) in [5.74, 6) is 0.484. The number of rotatable bonds is 1. The molecule has 60 valence electrons. The summed E-state index contributed by atoms with van der Waals surface area (Å²) >= 11 is 0. The van der Waals surface area contributed by atoms with E-state index >= 15 is 0 Å². The maximum absolute atomic E-state index is 5.76. The van der Waals surface area contributed by atoms with Crippen molar-refractivity contribution in [3.8, 4) is 0 Å². The van der Waals surface area contributed by atoms with Crippen LogP contribution in [0.25, 0.3) is 0 Å². The Hall–Kier alpha value is -1.05. The maximum Gasteiger partial charge on any atom is 0.0538 e. The molecule has 0 bridgehead atoms. The molecule has 0 aromatic carbocycles. The molecule has 0 saturated heterocycles. The number of aromatic nitrogens is 1. The van der Waals surface area contributed by atoms with E-state index in [1.807, 2.05) is 13.1 Å². The van der Waals surface area contributed by atoms with Crippen LogP contribution >= 0.6 is 0 Å². The lowest BCUT2D eigenvalue weighted by Gasteiger charge is -2.11. The molecule has 0 atom stereocenters. The molecule has 0 aliphatic rings. The first-order chi connectivity index (χ1) is 5.13. The Morgan fingerprint density at radius 1 is 1.36 bits per heavy atom. The molecule has 0 saturated carbocycles. The van der Waals surface area contributed by atoms with E-state index in [0.717, 1.165) is 5.69 Å². The van der Waals surface area contributed by atoms with Crippen molar-refractivity contribution in [1.82, 2.24) is 4.98 Å². The largest absolute Gasteiger partial charge is 0.397 e. The molecule has 0 amide bonds. The summed E-state index contributed by atoms with van der Waals surface area (Å²) in [6, 6.07) is 0. The molecule has 11 heavy (non-hydrogen) atoms. The van der Waals surface area contributed by atoms with Crippen molar-refractivity contribution in [2.45, 2.75) is 26.7 Å². The van der Waals surface area contributed by atoms with Crippen LogP contribution in [0.3, 0.4) is 0 Å². The quantitative estimate of drug-likeness (QED) is 0.665. The Kier molecular flexibility index (Phi) is 2.13. The lowest BCUT2D eigenvalue weighted by Crippen LogP contribution is -1.99. The molecule has 0 aliphatic heterocycles. The third-order valence-corrected chi connectivity index (χ3v) is 1.79. The van der Waals surface area contributed by atoms with Gasteiger partial charge in [-0.3, -0.25) is 4.98 Å². The fraction of sp³-hybridized carbons (Fsp3) is 0.444. The normalized spacial score (nSPS) is 10.5. The minimum absolute atomic E-state index is 0.484. The smallest absolute Gasteiger partial charge is 0.0538 e. The third-order valence-electron chi connectivity index (χ3n) is 1.79. The first kappa shape index (κ1) is 8.05. The number of hydrogen-bond acceptors (Lipinski definition) is 2. The third kappa shape index (κ3) is 1.50. The summed E-state index contributed by atoms with van der Waals surface area (Å²) in [6.45, 7) is 6.32. The standard InChI is InChI=1S/C9H14N2/c1-6(2)9-7(3)4-11-5-8(9)10/h4-6H,10H2,1-3H3. The number of aryl methyl sites for hydroxylation is 1. The van der Waals surface area contributed by atoms with Crippen LogP contribution in [0.5, 0.6) is 0 Å². The van der Waals surface area contributed by atoms with E-state index in [9.17, 15) is 0 Å². The number of hydrogen-bond donors (Lipinski definition) is 1. The summed E-state index contributed by atoms with van der Waals surface area (Å²) in [5.41, 5.74) is 8.97. The predicted molar refractivity (Wildman–Crippen MR) is 47.5 cm³/mol. The number of nitrogens with two attached hydrogens (primary N) is 1. The molecule has 1 aromatic rings. The van der Waals surface area contributed by atoms with Gasteiger partial charge in [0.15, 0.2) is 0 Å². The fourth-order valence-electron chi connectivity index (χ4n) is 1.38. The first-order valence-corrected chi connectivity index (χ1v) is 3.83. The van der Waals surface area contributed by atoms with Crippen molar-refractivity contribution in [2.75, 3.05) is 5.73 Å². The van der Waals surface area contributed by atoms with Crippen LogP contribution in [0.2, 0.25) is 0 Å². The molecule has 0 unspecified atom stereocenters. The molecule has 2 N–H and O–H groups in total.